The predicted molar refractivity (Wildman–Crippen MR) is 120 cm³/mol. The van der Waals surface area contributed by atoms with Gasteiger partial charge in [-0.3, -0.25) is 9.88 Å². The number of carbonyl (C=O) groups is 1. The molecule has 32 heavy (non-hydrogen) atoms. The lowest BCUT2D eigenvalue weighted by atomic mass is 10.1. The molecular formula is C24H21FN6O. The molecule has 0 aliphatic carbocycles. The first kappa shape index (κ1) is 19.9. The fourth-order valence-electron chi connectivity index (χ4n) is 4.45. The quantitative estimate of drug-likeness (QED) is 0.647. The summed E-state index contributed by atoms with van der Waals surface area (Å²) in [6.45, 7) is 1.76. The highest BCUT2D eigenvalue weighted by atomic mass is 19.1. The van der Waals surface area contributed by atoms with Gasteiger partial charge in [0.05, 0.1) is 41.1 Å². The molecule has 2 aliphatic heterocycles. The topological polar surface area (TPSA) is 85.1 Å². The fourth-order valence-corrected chi connectivity index (χ4v) is 4.45. The Bertz CT molecular complexity index is 1220. The number of halogens is 1. The number of nitrogens with one attached hydrogen (secondary N) is 1. The molecule has 1 atom stereocenters. The molecular weight excluding hydrogens is 407 g/mol. The van der Waals surface area contributed by atoms with Crippen LogP contribution in [0, 0.1) is 17.1 Å². The van der Waals surface area contributed by atoms with Crippen LogP contribution in [0.4, 0.5) is 26.4 Å². The van der Waals surface area contributed by atoms with Gasteiger partial charge in [-0.25, -0.2) is 14.2 Å². The average molecular weight is 428 g/mol. The largest absolute Gasteiger partial charge is 0.368 e. The second-order valence-corrected chi connectivity index (χ2v) is 8.00. The minimum Gasteiger partial charge on any atom is -0.368 e. The smallest absolute Gasteiger partial charge is 0.327 e. The first-order valence-corrected chi connectivity index (χ1v) is 10.6. The standard InChI is InChI=1S/C24H21FN6O/c25-18-12-19(15-27-14-18)28-24(32)31-20-5-2-9-30(10-8-20)22-7-6-21(29-23(22)31)17-4-1-3-16(11-17)13-26/h1,3-4,6-7,11-12,14-15,20H,2,5,8-10H2,(H,28,32)/t20-/m1/s1. The van der Waals surface area contributed by atoms with Gasteiger partial charge in [0.25, 0.3) is 0 Å². The fraction of sp³-hybridized carbons (Fsp3) is 0.250. The van der Waals surface area contributed by atoms with Crippen LogP contribution in [-0.2, 0) is 0 Å². The number of urea groups is 1. The number of hydrogen-bond acceptors (Lipinski definition) is 5. The van der Waals surface area contributed by atoms with Gasteiger partial charge in [0.1, 0.15) is 5.82 Å². The molecule has 1 saturated heterocycles. The number of amides is 2. The van der Waals surface area contributed by atoms with Gasteiger partial charge in [-0.05, 0) is 43.5 Å². The highest BCUT2D eigenvalue weighted by molar-refractivity contribution is 6.04. The summed E-state index contributed by atoms with van der Waals surface area (Å²) in [5.74, 6) is 0.0645. The SMILES string of the molecule is N#Cc1cccc(-c2ccc3c(n2)N(C(=O)Nc2cncc(F)c2)[C@@H]2CCCN3CC2)c1. The van der Waals surface area contributed by atoms with Gasteiger partial charge in [0.2, 0.25) is 0 Å². The van der Waals surface area contributed by atoms with Crippen LogP contribution in [0.3, 0.4) is 0 Å². The molecule has 0 saturated carbocycles. The molecule has 2 bridgehead atoms. The summed E-state index contributed by atoms with van der Waals surface area (Å²) < 4.78 is 13.6. The van der Waals surface area contributed by atoms with Gasteiger partial charge in [-0.1, -0.05) is 12.1 Å². The van der Waals surface area contributed by atoms with Crippen molar-refractivity contribution in [3.05, 3.63) is 66.2 Å². The van der Waals surface area contributed by atoms with Crippen LogP contribution in [0.15, 0.2) is 54.9 Å². The van der Waals surface area contributed by atoms with E-state index in [4.69, 9.17) is 4.98 Å². The van der Waals surface area contributed by atoms with E-state index < -0.39 is 5.82 Å². The molecule has 0 unspecified atom stereocenters. The summed E-state index contributed by atoms with van der Waals surface area (Å²) in [7, 11) is 0. The lowest BCUT2D eigenvalue weighted by Gasteiger charge is -2.32. The van der Waals surface area contributed by atoms with E-state index in [0.29, 0.717) is 22.8 Å². The molecule has 1 fully saturated rings. The highest BCUT2D eigenvalue weighted by Gasteiger charge is 2.35. The maximum Gasteiger partial charge on any atom is 0.327 e. The monoisotopic (exact) mass is 428 g/mol. The number of carbonyl (C=O) groups excluding carboxylic acids is 1. The highest BCUT2D eigenvalue weighted by Crippen LogP contribution is 2.38. The van der Waals surface area contributed by atoms with Crippen molar-refractivity contribution in [1.29, 1.82) is 5.26 Å². The zero-order chi connectivity index (χ0) is 22.1. The predicted octanol–water partition coefficient (Wildman–Crippen LogP) is 4.57. The van der Waals surface area contributed by atoms with Crippen LogP contribution in [0.5, 0.6) is 0 Å². The van der Waals surface area contributed by atoms with Crippen molar-refractivity contribution in [3.63, 3.8) is 0 Å². The molecule has 4 heterocycles. The van der Waals surface area contributed by atoms with E-state index in [2.05, 4.69) is 21.3 Å². The summed E-state index contributed by atoms with van der Waals surface area (Å²) in [6, 6.07) is 14.2. The van der Waals surface area contributed by atoms with Crippen molar-refractivity contribution in [3.8, 4) is 17.3 Å². The number of anilines is 3. The van der Waals surface area contributed by atoms with Crippen molar-refractivity contribution >= 4 is 23.2 Å². The molecule has 0 spiro atoms. The van der Waals surface area contributed by atoms with E-state index in [1.165, 1.54) is 12.3 Å². The molecule has 0 radical (unpaired) electrons. The van der Waals surface area contributed by atoms with E-state index in [-0.39, 0.29) is 12.1 Å². The molecule has 2 aliphatic rings. The third kappa shape index (κ3) is 3.73. The molecule has 5 rings (SSSR count). The van der Waals surface area contributed by atoms with E-state index in [1.807, 2.05) is 24.3 Å². The van der Waals surface area contributed by atoms with Crippen LogP contribution in [0.1, 0.15) is 24.8 Å². The van der Waals surface area contributed by atoms with E-state index in [0.717, 1.165) is 49.8 Å². The minimum atomic E-state index is -0.513. The molecule has 3 aromatic rings. The van der Waals surface area contributed by atoms with Crippen molar-refractivity contribution in [1.82, 2.24) is 9.97 Å². The maximum atomic E-state index is 13.6. The third-order valence-corrected chi connectivity index (χ3v) is 5.95. The van der Waals surface area contributed by atoms with Gasteiger partial charge in [0, 0.05) is 30.8 Å². The molecule has 1 aromatic carbocycles. The Kier molecular flexibility index (Phi) is 5.15. The number of pyridine rings is 2. The second-order valence-electron chi connectivity index (χ2n) is 8.00. The number of benzene rings is 1. The van der Waals surface area contributed by atoms with E-state index in [9.17, 15) is 14.4 Å². The summed E-state index contributed by atoms with van der Waals surface area (Å²) in [5, 5.41) is 12.0. The number of aromatic nitrogens is 2. The Morgan fingerprint density at radius 1 is 1.16 bits per heavy atom. The van der Waals surface area contributed by atoms with Crippen molar-refractivity contribution in [2.45, 2.75) is 25.3 Å². The maximum absolute atomic E-state index is 13.6. The van der Waals surface area contributed by atoms with E-state index in [1.54, 1.807) is 17.0 Å². The van der Waals surface area contributed by atoms with Gasteiger partial charge in [0.15, 0.2) is 5.82 Å². The molecule has 2 aromatic heterocycles. The summed E-state index contributed by atoms with van der Waals surface area (Å²) >= 11 is 0. The van der Waals surface area contributed by atoms with Crippen molar-refractivity contribution in [2.75, 3.05) is 28.2 Å². The van der Waals surface area contributed by atoms with Gasteiger partial charge >= 0.3 is 6.03 Å². The first-order valence-electron chi connectivity index (χ1n) is 10.6. The Morgan fingerprint density at radius 3 is 2.91 bits per heavy atom. The minimum absolute atomic E-state index is 0.0176. The zero-order valence-electron chi connectivity index (χ0n) is 17.3. The molecule has 1 N–H and O–H groups in total. The summed E-state index contributed by atoms with van der Waals surface area (Å²) in [4.78, 5) is 26.1. The zero-order valence-corrected chi connectivity index (χ0v) is 17.3. The van der Waals surface area contributed by atoms with E-state index >= 15 is 0 Å². The van der Waals surface area contributed by atoms with Gasteiger partial charge in [-0.2, -0.15) is 5.26 Å². The Balaban J connectivity index is 1.58. The van der Waals surface area contributed by atoms with Crippen molar-refractivity contribution < 1.29 is 9.18 Å². The van der Waals surface area contributed by atoms with Crippen molar-refractivity contribution in [2.24, 2.45) is 0 Å². The number of fused-ring (bicyclic) bond motifs is 5. The summed E-state index contributed by atoms with van der Waals surface area (Å²) in [5.41, 5.74) is 3.25. The Morgan fingerprint density at radius 2 is 2.06 bits per heavy atom. The first-order chi connectivity index (χ1) is 15.6. The number of nitriles is 1. The molecule has 2 amide bonds. The normalized spacial score (nSPS) is 17.2. The second kappa shape index (κ2) is 8.27. The number of nitrogens with zero attached hydrogens (tertiary/aromatic N) is 5. The molecule has 160 valence electrons. The molecule has 7 nitrogen and oxygen atoms in total. The van der Waals surface area contributed by atoms with Crippen LogP contribution < -0.4 is 15.1 Å². The third-order valence-electron chi connectivity index (χ3n) is 5.95. The number of rotatable bonds is 2. The Hall–Kier alpha value is -3.99. The Labute approximate surface area is 185 Å². The van der Waals surface area contributed by atoms with Crippen LogP contribution in [0.2, 0.25) is 0 Å². The average Bonchev–Trinajstić information content (AvgIpc) is 3.12. The lowest BCUT2D eigenvalue weighted by Crippen LogP contribution is -2.43. The van der Waals surface area contributed by atoms with Gasteiger partial charge in [-0.15, -0.1) is 0 Å². The number of hydrogen-bond donors (Lipinski definition) is 1. The summed E-state index contributed by atoms with van der Waals surface area (Å²) in [6.07, 6.45) is 5.18. The van der Waals surface area contributed by atoms with Crippen LogP contribution in [-0.4, -0.2) is 35.1 Å². The van der Waals surface area contributed by atoms with Crippen LogP contribution in [0.25, 0.3) is 11.3 Å². The molecule has 8 heteroatoms. The van der Waals surface area contributed by atoms with Gasteiger partial charge < -0.3 is 10.2 Å². The lowest BCUT2D eigenvalue weighted by molar-refractivity contribution is 0.254. The van der Waals surface area contributed by atoms with Crippen LogP contribution >= 0.6 is 0 Å².